The Morgan fingerprint density at radius 2 is 1.95 bits per heavy atom. The van der Waals surface area contributed by atoms with Crippen LogP contribution in [0.2, 0.25) is 5.02 Å². The van der Waals surface area contributed by atoms with Gasteiger partial charge in [-0.3, -0.25) is 4.79 Å². The van der Waals surface area contributed by atoms with Crippen LogP contribution in [0.3, 0.4) is 0 Å². The van der Waals surface area contributed by atoms with Crippen LogP contribution in [0, 0.1) is 5.82 Å². The number of carbonyl (C=O) groups is 1. The smallest absolute Gasteiger partial charge is 0.253 e. The first-order valence-electron chi connectivity index (χ1n) is 6.43. The van der Waals surface area contributed by atoms with Gasteiger partial charge < -0.3 is 10.3 Å². The van der Waals surface area contributed by atoms with Gasteiger partial charge in [-0.1, -0.05) is 23.7 Å². The number of fused-ring (bicyclic) bond motifs is 1. The fourth-order valence-electron chi connectivity index (χ4n) is 2.17. The normalized spacial score (nSPS) is 10.8. The van der Waals surface area contributed by atoms with Gasteiger partial charge >= 0.3 is 0 Å². The summed E-state index contributed by atoms with van der Waals surface area (Å²) < 4.78 is 13.1. The maximum atomic E-state index is 13.1. The maximum Gasteiger partial charge on any atom is 0.253 e. The molecular weight excluding hydrogens is 291 g/mol. The molecule has 106 valence electrons. The van der Waals surface area contributed by atoms with E-state index in [9.17, 15) is 9.18 Å². The molecule has 0 radical (unpaired) electrons. The van der Waals surface area contributed by atoms with Crippen LogP contribution in [0.1, 0.15) is 15.9 Å². The molecule has 3 aromatic rings. The summed E-state index contributed by atoms with van der Waals surface area (Å²) in [5.41, 5.74) is 2.06. The van der Waals surface area contributed by atoms with Crippen molar-refractivity contribution in [1.29, 1.82) is 0 Å². The number of H-pyrrole nitrogens is 1. The zero-order chi connectivity index (χ0) is 14.8. The number of hydrogen-bond donors (Lipinski definition) is 2. The van der Waals surface area contributed by atoms with Crippen LogP contribution in [-0.4, -0.2) is 10.9 Å². The zero-order valence-corrected chi connectivity index (χ0v) is 11.7. The molecule has 0 spiro atoms. The van der Waals surface area contributed by atoms with Crippen molar-refractivity contribution in [2.75, 3.05) is 0 Å². The average Bonchev–Trinajstić information content (AvgIpc) is 2.89. The molecule has 0 atom stereocenters. The SMILES string of the molecule is O=C(NCc1ccc(Cl)cc1)c1c[nH]c2cc(F)ccc12. The topological polar surface area (TPSA) is 44.9 Å². The Bertz CT molecular complexity index is 796. The van der Waals surface area contributed by atoms with Crippen LogP contribution in [-0.2, 0) is 6.54 Å². The first-order valence-corrected chi connectivity index (χ1v) is 6.80. The second-order valence-electron chi connectivity index (χ2n) is 4.70. The highest BCUT2D eigenvalue weighted by atomic mass is 35.5. The van der Waals surface area contributed by atoms with Crippen molar-refractivity contribution < 1.29 is 9.18 Å². The summed E-state index contributed by atoms with van der Waals surface area (Å²) in [6.45, 7) is 0.407. The molecule has 0 saturated carbocycles. The standard InChI is InChI=1S/C16H12ClFN2O/c17-11-3-1-10(2-4-11)8-20-16(21)14-9-19-15-7-12(18)5-6-13(14)15/h1-7,9,19H,8H2,(H,20,21). The Labute approximate surface area is 125 Å². The average molecular weight is 303 g/mol. The molecule has 0 saturated heterocycles. The van der Waals surface area contributed by atoms with Gasteiger partial charge in [0.15, 0.2) is 0 Å². The fraction of sp³-hybridized carbons (Fsp3) is 0.0625. The highest BCUT2D eigenvalue weighted by Gasteiger charge is 2.12. The summed E-state index contributed by atoms with van der Waals surface area (Å²) in [7, 11) is 0. The Morgan fingerprint density at radius 3 is 2.71 bits per heavy atom. The summed E-state index contributed by atoms with van der Waals surface area (Å²) in [5, 5.41) is 4.19. The lowest BCUT2D eigenvalue weighted by Gasteiger charge is -2.05. The van der Waals surface area contributed by atoms with E-state index in [-0.39, 0.29) is 11.7 Å². The van der Waals surface area contributed by atoms with Gasteiger partial charge in [-0.15, -0.1) is 0 Å². The number of benzene rings is 2. The third kappa shape index (κ3) is 2.90. The van der Waals surface area contributed by atoms with Crippen molar-refractivity contribution in [3.05, 3.63) is 70.6 Å². The highest BCUT2D eigenvalue weighted by Crippen LogP contribution is 2.19. The van der Waals surface area contributed by atoms with Crippen LogP contribution in [0.5, 0.6) is 0 Å². The molecule has 2 N–H and O–H groups in total. The van der Waals surface area contributed by atoms with Gasteiger partial charge in [-0.2, -0.15) is 0 Å². The van der Waals surface area contributed by atoms with E-state index in [0.717, 1.165) is 5.56 Å². The van der Waals surface area contributed by atoms with Crippen molar-refractivity contribution in [3.8, 4) is 0 Å². The first-order chi connectivity index (χ1) is 10.1. The summed E-state index contributed by atoms with van der Waals surface area (Å²) in [6.07, 6.45) is 1.58. The number of rotatable bonds is 3. The van der Waals surface area contributed by atoms with Gasteiger partial charge in [-0.05, 0) is 35.9 Å². The number of hydrogen-bond acceptors (Lipinski definition) is 1. The molecule has 0 unspecified atom stereocenters. The highest BCUT2D eigenvalue weighted by molar-refractivity contribution is 6.30. The minimum absolute atomic E-state index is 0.206. The zero-order valence-electron chi connectivity index (χ0n) is 11.0. The van der Waals surface area contributed by atoms with Gasteiger partial charge in [0.1, 0.15) is 5.82 Å². The van der Waals surface area contributed by atoms with E-state index < -0.39 is 0 Å². The first kappa shape index (κ1) is 13.6. The Kier molecular flexibility index (Phi) is 3.62. The lowest BCUT2D eigenvalue weighted by atomic mass is 10.1. The second-order valence-corrected chi connectivity index (χ2v) is 5.14. The van der Waals surface area contributed by atoms with Crippen molar-refractivity contribution in [3.63, 3.8) is 0 Å². The summed E-state index contributed by atoms with van der Waals surface area (Å²) in [5.74, 6) is -0.541. The van der Waals surface area contributed by atoms with E-state index in [1.54, 1.807) is 24.4 Å². The molecule has 3 rings (SSSR count). The van der Waals surface area contributed by atoms with Gasteiger partial charge in [0.25, 0.3) is 5.91 Å². The molecule has 0 aliphatic heterocycles. The van der Waals surface area contributed by atoms with Crippen molar-refractivity contribution >= 4 is 28.4 Å². The van der Waals surface area contributed by atoms with Crippen molar-refractivity contribution in [1.82, 2.24) is 10.3 Å². The number of aromatic amines is 1. The quantitative estimate of drug-likeness (QED) is 0.757. The molecule has 2 aromatic carbocycles. The van der Waals surface area contributed by atoms with E-state index >= 15 is 0 Å². The van der Waals surface area contributed by atoms with Crippen LogP contribution < -0.4 is 5.32 Å². The van der Waals surface area contributed by atoms with E-state index in [4.69, 9.17) is 11.6 Å². The van der Waals surface area contributed by atoms with E-state index in [2.05, 4.69) is 10.3 Å². The minimum atomic E-state index is -0.336. The predicted octanol–water partition coefficient (Wildman–Crippen LogP) is 3.89. The maximum absolute atomic E-state index is 13.1. The van der Waals surface area contributed by atoms with Gasteiger partial charge in [0.2, 0.25) is 0 Å². The lowest BCUT2D eigenvalue weighted by molar-refractivity contribution is 0.0952. The Morgan fingerprint density at radius 1 is 1.19 bits per heavy atom. The second kappa shape index (κ2) is 5.58. The van der Waals surface area contributed by atoms with E-state index in [1.165, 1.54) is 12.1 Å². The molecule has 0 fully saturated rings. The van der Waals surface area contributed by atoms with Crippen molar-refractivity contribution in [2.24, 2.45) is 0 Å². The van der Waals surface area contributed by atoms with Crippen molar-refractivity contribution in [2.45, 2.75) is 6.54 Å². The number of aromatic nitrogens is 1. The largest absolute Gasteiger partial charge is 0.360 e. The molecule has 0 aliphatic carbocycles. The Hall–Kier alpha value is -2.33. The lowest BCUT2D eigenvalue weighted by Crippen LogP contribution is -2.22. The number of halogens is 2. The number of carbonyl (C=O) groups excluding carboxylic acids is 1. The molecule has 5 heteroatoms. The van der Waals surface area contributed by atoms with Crippen LogP contribution in [0.15, 0.2) is 48.7 Å². The van der Waals surface area contributed by atoms with Gasteiger partial charge in [0.05, 0.1) is 5.56 Å². The molecule has 1 aromatic heterocycles. The molecular formula is C16H12ClFN2O. The van der Waals surface area contributed by atoms with Crippen LogP contribution in [0.4, 0.5) is 4.39 Å². The number of nitrogens with one attached hydrogen (secondary N) is 2. The minimum Gasteiger partial charge on any atom is -0.360 e. The molecule has 1 amide bonds. The Balaban J connectivity index is 1.76. The summed E-state index contributed by atoms with van der Waals surface area (Å²) in [6, 6.07) is 11.6. The van der Waals surface area contributed by atoms with Crippen LogP contribution in [0.25, 0.3) is 10.9 Å². The molecule has 21 heavy (non-hydrogen) atoms. The fourth-order valence-corrected chi connectivity index (χ4v) is 2.29. The number of amides is 1. The molecule has 0 aliphatic rings. The third-order valence-corrected chi connectivity index (χ3v) is 3.51. The van der Waals surface area contributed by atoms with E-state index in [1.807, 2.05) is 12.1 Å². The monoisotopic (exact) mass is 302 g/mol. The molecule has 0 bridgehead atoms. The molecule has 3 nitrogen and oxygen atoms in total. The van der Waals surface area contributed by atoms with Crippen LogP contribution >= 0.6 is 11.6 Å². The molecule has 1 heterocycles. The van der Waals surface area contributed by atoms with E-state index in [0.29, 0.717) is 28.0 Å². The summed E-state index contributed by atoms with van der Waals surface area (Å²) >= 11 is 5.81. The predicted molar refractivity (Wildman–Crippen MR) is 80.9 cm³/mol. The van der Waals surface area contributed by atoms with Gasteiger partial charge in [-0.25, -0.2) is 4.39 Å². The third-order valence-electron chi connectivity index (χ3n) is 3.25. The summed E-state index contributed by atoms with van der Waals surface area (Å²) in [4.78, 5) is 15.1. The van der Waals surface area contributed by atoms with Gasteiger partial charge in [0, 0.05) is 28.7 Å².